The zero-order valence-electron chi connectivity index (χ0n) is 26.5. The Kier molecular flexibility index (Phi) is 7.13. The van der Waals surface area contributed by atoms with Crippen LogP contribution in [-0.4, -0.2) is 9.13 Å². The van der Waals surface area contributed by atoms with E-state index < -0.39 is 34.6 Å². The summed E-state index contributed by atoms with van der Waals surface area (Å²) in [5, 5.41) is 32.9. The van der Waals surface area contributed by atoms with Crippen LogP contribution >= 0.6 is 0 Å². The van der Waals surface area contributed by atoms with Crippen LogP contribution in [-0.2, 0) is 12.4 Å². The van der Waals surface area contributed by atoms with E-state index >= 15 is 0 Å². The molecule has 0 N–H and O–H groups in total. The molecule has 52 heavy (non-hydrogen) atoms. The summed E-state index contributed by atoms with van der Waals surface area (Å²) >= 11 is 0. The molecule has 6 aromatic carbocycles. The Labute approximate surface area is 290 Å². The lowest BCUT2D eigenvalue weighted by Crippen LogP contribution is -2.16. The van der Waals surface area contributed by atoms with Gasteiger partial charge in [0.15, 0.2) is 0 Å². The molecule has 5 nitrogen and oxygen atoms in total. The largest absolute Gasteiger partial charge is 0.417 e. The van der Waals surface area contributed by atoms with Crippen molar-refractivity contribution in [3.63, 3.8) is 0 Å². The van der Waals surface area contributed by atoms with E-state index in [0.717, 1.165) is 0 Å². The first-order chi connectivity index (χ1) is 25.0. The molecule has 0 saturated carbocycles. The summed E-state index contributed by atoms with van der Waals surface area (Å²) in [6.07, 6.45) is -10.4. The van der Waals surface area contributed by atoms with Crippen molar-refractivity contribution in [1.29, 1.82) is 15.8 Å². The van der Waals surface area contributed by atoms with Crippen molar-refractivity contribution < 1.29 is 26.3 Å². The SMILES string of the molecule is N#Cc1ccc2c(c1)c1ccccc1n2-c1ccc(-c2c(C(F)(F)F)cccc2C(F)(F)F)c(-n2c3ccccc3c3cc(C#N)ccc32)c1C#N. The maximum atomic E-state index is 14.8. The third-order valence-corrected chi connectivity index (χ3v) is 9.28. The van der Waals surface area contributed by atoms with E-state index in [1.165, 1.54) is 22.8 Å². The van der Waals surface area contributed by atoms with Gasteiger partial charge in [0.05, 0.1) is 67.8 Å². The number of halogens is 6. The quantitative estimate of drug-likeness (QED) is 0.173. The molecule has 8 rings (SSSR count). The Morgan fingerprint density at radius 2 is 0.942 bits per heavy atom. The number of benzene rings is 6. The molecule has 0 spiro atoms. The first-order valence-corrected chi connectivity index (χ1v) is 15.7. The molecule has 8 aromatic rings. The van der Waals surface area contributed by atoms with Crippen LogP contribution in [0.2, 0.25) is 0 Å². The van der Waals surface area contributed by atoms with Crippen LogP contribution in [0.5, 0.6) is 0 Å². The topological polar surface area (TPSA) is 81.2 Å². The number of nitrogens with zero attached hydrogens (tertiary/aromatic N) is 5. The highest BCUT2D eigenvalue weighted by Gasteiger charge is 2.42. The minimum Gasteiger partial charge on any atom is -0.308 e. The molecule has 250 valence electrons. The average molecular weight is 696 g/mol. The van der Waals surface area contributed by atoms with Gasteiger partial charge < -0.3 is 9.13 Å². The van der Waals surface area contributed by atoms with Gasteiger partial charge in [0, 0.05) is 32.7 Å². The van der Waals surface area contributed by atoms with E-state index in [-0.39, 0.29) is 22.5 Å². The summed E-state index contributed by atoms with van der Waals surface area (Å²) in [7, 11) is 0. The molecule has 0 bridgehead atoms. The summed E-state index contributed by atoms with van der Waals surface area (Å²) in [4.78, 5) is 0. The summed E-state index contributed by atoms with van der Waals surface area (Å²) < 4.78 is 91.8. The molecule has 0 saturated heterocycles. The number of rotatable bonds is 3. The van der Waals surface area contributed by atoms with Crippen molar-refractivity contribution in [3.8, 4) is 40.7 Å². The number of nitriles is 3. The summed E-state index contributed by atoms with van der Waals surface area (Å²) in [6.45, 7) is 0. The van der Waals surface area contributed by atoms with Gasteiger partial charge in [-0.3, -0.25) is 0 Å². The van der Waals surface area contributed by atoms with E-state index in [2.05, 4.69) is 18.2 Å². The van der Waals surface area contributed by atoms with Crippen LogP contribution in [0, 0.1) is 34.0 Å². The standard InChI is InChI=1S/C41H19F6N5/c42-40(43,44)31-8-5-9-32(41(45,46)47)38(31)27-14-17-37(51-33-10-3-1-6-25(33)28-18-23(20-48)12-15-35(28)51)30(22-50)39(27)52-34-11-4-2-7-26(34)29-19-24(21-49)13-16-36(29)52/h1-19H. The number of alkyl halides is 6. The Balaban J connectivity index is 1.62. The lowest BCUT2D eigenvalue weighted by molar-refractivity contribution is -0.142. The zero-order chi connectivity index (χ0) is 36.5. The molecular weight excluding hydrogens is 676 g/mol. The Morgan fingerprint density at radius 1 is 0.462 bits per heavy atom. The monoisotopic (exact) mass is 695 g/mol. The smallest absolute Gasteiger partial charge is 0.308 e. The maximum absolute atomic E-state index is 14.8. The highest BCUT2D eigenvalue weighted by atomic mass is 19.4. The van der Waals surface area contributed by atoms with Crippen LogP contribution in [0.4, 0.5) is 26.3 Å². The summed E-state index contributed by atoms with van der Waals surface area (Å²) in [6, 6.07) is 34.4. The van der Waals surface area contributed by atoms with Crippen molar-refractivity contribution in [1.82, 2.24) is 9.13 Å². The molecule has 0 aliphatic heterocycles. The molecule has 0 aliphatic carbocycles. The minimum absolute atomic E-state index is 0.190. The van der Waals surface area contributed by atoms with E-state index in [4.69, 9.17) is 0 Å². The average Bonchev–Trinajstić information content (AvgIpc) is 3.65. The van der Waals surface area contributed by atoms with Crippen LogP contribution in [0.3, 0.4) is 0 Å². The van der Waals surface area contributed by atoms with Crippen molar-refractivity contribution >= 4 is 43.6 Å². The number of para-hydroxylation sites is 2. The van der Waals surface area contributed by atoms with E-state index in [0.29, 0.717) is 67.4 Å². The highest BCUT2D eigenvalue weighted by Crippen LogP contribution is 2.49. The summed E-state index contributed by atoms with van der Waals surface area (Å²) in [5.41, 5.74) is -2.31. The maximum Gasteiger partial charge on any atom is 0.417 e. The Bertz CT molecular complexity index is 2890. The fraction of sp³-hybridized carbons (Fsp3) is 0.0488. The summed E-state index contributed by atoms with van der Waals surface area (Å²) in [5.74, 6) is 0. The molecule has 2 heterocycles. The van der Waals surface area contributed by atoms with Crippen LogP contribution < -0.4 is 0 Å². The molecule has 11 heteroatoms. The van der Waals surface area contributed by atoms with E-state index in [1.54, 1.807) is 77.4 Å². The number of hydrogen-bond donors (Lipinski definition) is 0. The van der Waals surface area contributed by atoms with Gasteiger partial charge in [-0.2, -0.15) is 42.1 Å². The van der Waals surface area contributed by atoms with Crippen molar-refractivity contribution in [2.75, 3.05) is 0 Å². The number of fused-ring (bicyclic) bond motifs is 6. The van der Waals surface area contributed by atoms with Gasteiger partial charge in [-0.1, -0.05) is 48.5 Å². The van der Waals surface area contributed by atoms with E-state index in [1.807, 2.05) is 6.07 Å². The molecule has 0 aliphatic rings. The molecule has 2 aromatic heterocycles. The van der Waals surface area contributed by atoms with Crippen molar-refractivity contribution in [3.05, 3.63) is 143 Å². The number of aromatic nitrogens is 2. The third-order valence-electron chi connectivity index (χ3n) is 9.28. The van der Waals surface area contributed by atoms with Gasteiger partial charge in [-0.25, -0.2) is 0 Å². The molecule has 0 unspecified atom stereocenters. The van der Waals surface area contributed by atoms with Gasteiger partial charge in [0.2, 0.25) is 0 Å². The van der Waals surface area contributed by atoms with Gasteiger partial charge in [0.1, 0.15) is 11.6 Å². The highest BCUT2D eigenvalue weighted by molar-refractivity contribution is 6.12. The van der Waals surface area contributed by atoms with Crippen LogP contribution in [0.1, 0.15) is 27.8 Å². The predicted molar refractivity (Wildman–Crippen MR) is 185 cm³/mol. The fourth-order valence-electron chi connectivity index (χ4n) is 7.21. The lowest BCUT2D eigenvalue weighted by atomic mass is 9.90. The van der Waals surface area contributed by atoms with Crippen molar-refractivity contribution in [2.45, 2.75) is 12.4 Å². The minimum atomic E-state index is -5.20. The van der Waals surface area contributed by atoms with Crippen LogP contribution in [0.25, 0.3) is 66.1 Å². The van der Waals surface area contributed by atoms with Gasteiger partial charge in [-0.05, 0) is 66.7 Å². The second kappa shape index (κ2) is 11.5. The normalized spacial score (nSPS) is 12.0. The van der Waals surface area contributed by atoms with Gasteiger partial charge >= 0.3 is 12.4 Å². The first kappa shape index (κ1) is 32.2. The van der Waals surface area contributed by atoms with Crippen LogP contribution in [0.15, 0.2) is 115 Å². The second-order valence-corrected chi connectivity index (χ2v) is 12.1. The lowest BCUT2D eigenvalue weighted by Gasteiger charge is -2.24. The van der Waals surface area contributed by atoms with Gasteiger partial charge in [0.25, 0.3) is 0 Å². The molecule has 0 fully saturated rings. The molecular formula is C41H19F6N5. The predicted octanol–water partition coefficient (Wildman–Crippen LogP) is 11.2. The zero-order valence-corrected chi connectivity index (χ0v) is 26.5. The third kappa shape index (κ3) is 4.77. The van der Waals surface area contributed by atoms with E-state index in [9.17, 15) is 42.1 Å². The first-order valence-electron chi connectivity index (χ1n) is 15.7. The van der Waals surface area contributed by atoms with Crippen molar-refractivity contribution in [2.24, 2.45) is 0 Å². The number of hydrogen-bond acceptors (Lipinski definition) is 3. The fourth-order valence-corrected chi connectivity index (χ4v) is 7.21. The molecule has 0 radical (unpaired) electrons. The molecule has 0 amide bonds. The molecule has 0 atom stereocenters. The van der Waals surface area contributed by atoms with Gasteiger partial charge in [-0.15, -0.1) is 0 Å². The Hall–Kier alpha value is -7.03. The second-order valence-electron chi connectivity index (χ2n) is 12.1. The Morgan fingerprint density at radius 3 is 1.44 bits per heavy atom.